The number of aromatic nitrogens is 6. The predicted molar refractivity (Wildman–Crippen MR) is 126 cm³/mol. The van der Waals surface area contributed by atoms with Crippen molar-refractivity contribution in [1.82, 2.24) is 29.5 Å². The van der Waals surface area contributed by atoms with Gasteiger partial charge in [-0.15, -0.1) is 0 Å². The van der Waals surface area contributed by atoms with Gasteiger partial charge in [0.15, 0.2) is 17.1 Å². The summed E-state index contributed by atoms with van der Waals surface area (Å²) < 4.78 is 18.7. The molecule has 2 N–H and O–H groups in total. The molecule has 0 radical (unpaired) electrons. The number of nitrogens with zero attached hydrogens (tertiary/aromatic N) is 7. The van der Waals surface area contributed by atoms with Crippen molar-refractivity contribution in [3.8, 4) is 34.1 Å². The summed E-state index contributed by atoms with van der Waals surface area (Å²) in [7, 11) is 0. The fraction of sp³-hybridized carbons (Fsp3) is 0.348. The molecule has 34 heavy (non-hydrogen) atoms. The second kappa shape index (κ2) is 8.10. The number of nitrogen functional groups attached to an aromatic ring is 1. The molecule has 0 spiro atoms. The fourth-order valence-electron chi connectivity index (χ4n) is 4.26. The summed E-state index contributed by atoms with van der Waals surface area (Å²) in [6.07, 6.45) is 3.34. The summed E-state index contributed by atoms with van der Waals surface area (Å²) in [5.41, 5.74) is 9.44. The van der Waals surface area contributed by atoms with Crippen LogP contribution >= 0.6 is 0 Å². The number of nitrogens with two attached hydrogens (primary N) is 1. The van der Waals surface area contributed by atoms with Crippen LogP contribution in [-0.4, -0.2) is 62.6 Å². The molecule has 0 aliphatic carbocycles. The van der Waals surface area contributed by atoms with Gasteiger partial charge in [-0.3, -0.25) is 0 Å². The number of hydrogen-bond acceptors (Lipinski definition) is 10. The summed E-state index contributed by atoms with van der Waals surface area (Å²) >= 11 is 0. The lowest BCUT2D eigenvalue weighted by atomic mass is 10.2. The van der Waals surface area contributed by atoms with Crippen molar-refractivity contribution in [2.45, 2.75) is 19.9 Å². The third kappa shape index (κ3) is 3.45. The van der Waals surface area contributed by atoms with Crippen LogP contribution in [0.4, 0.5) is 11.9 Å². The zero-order valence-electron chi connectivity index (χ0n) is 18.9. The van der Waals surface area contributed by atoms with Crippen LogP contribution < -0.4 is 20.1 Å². The lowest BCUT2D eigenvalue weighted by molar-refractivity contribution is 0.122. The van der Waals surface area contributed by atoms with Crippen molar-refractivity contribution < 1.29 is 14.2 Å². The molecule has 4 aromatic rings. The summed E-state index contributed by atoms with van der Waals surface area (Å²) in [6.45, 7) is 7.14. The Kier molecular flexibility index (Phi) is 4.91. The number of benzene rings is 1. The minimum atomic E-state index is 0.0911. The minimum absolute atomic E-state index is 0.0911. The van der Waals surface area contributed by atoms with E-state index in [0.717, 1.165) is 28.3 Å². The molecular weight excluding hydrogens is 436 g/mol. The highest BCUT2D eigenvalue weighted by atomic mass is 16.7. The molecule has 0 unspecified atom stereocenters. The van der Waals surface area contributed by atoms with Crippen LogP contribution in [-0.2, 0) is 4.74 Å². The molecule has 5 heterocycles. The maximum atomic E-state index is 5.73. The smallest absolute Gasteiger partial charge is 0.231 e. The zero-order valence-corrected chi connectivity index (χ0v) is 18.9. The van der Waals surface area contributed by atoms with E-state index < -0.39 is 0 Å². The third-order valence-corrected chi connectivity index (χ3v) is 5.91. The standard InChI is InChI=1S/C23H24N8O3/c1-13(2)31-20(14-3-4-16-17(9-14)34-12-33-16)27-19-18(15-10-25-22(24)26-11-15)28-23(29-21(19)31)30-5-7-32-8-6-30/h3-4,9-11,13H,5-8,12H2,1-2H3,(H2,24,25,26). The molecule has 11 heteroatoms. The van der Waals surface area contributed by atoms with E-state index in [9.17, 15) is 0 Å². The zero-order chi connectivity index (χ0) is 23.2. The lowest BCUT2D eigenvalue weighted by Gasteiger charge is -2.27. The van der Waals surface area contributed by atoms with E-state index in [1.54, 1.807) is 12.4 Å². The number of rotatable bonds is 4. The quantitative estimate of drug-likeness (QED) is 0.486. The Morgan fingerprint density at radius 1 is 0.941 bits per heavy atom. The first kappa shape index (κ1) is 20.6. The van der Waals surface area contributed by atoms with Crippen molar-refractivity contribution in [2.24, 2.45) is 0 Å². The molecule has 3 aromatic heterocycles. The second-order valence-electron chi connectivity index (χ2n) is 8.44. The summed E-state index contributed by atoms with van der Waals surface area (Å²) in [4.78, 5) is 25.4. The van der Waals surface area contributed by atoms with E-state index in [2.05, 4.69) is 33.3 Å². The molecule has 0 atom stereocenters. The van der Waals surface area contributed by atoms with E-state index in [0.29, 0.717) is 49.2 Å². The Labute approximate surface area is 195 Å². The van der Waals surface area contributed by atoms with Crippen LogP contribution in [0.5, 0.6) is 11.5 Å². The second-order valence-corrected chi connectivity index (χ2v) is 8.44. The first-order chi connectivity index (χ1) is 16.6. The molecule has 6 rings (SSSR count). The van der Waals surface area contributed by atoms with Crippen LogP contribution in [0.25, 0.3) is 33.8 Å². The van der Waals surface area contributed by atoms with E-state index in [1.165, 1.54) is 0 Å². The average molecular weight is 460 g/mol. The van der Waals surface area contributed by atoms with E-state index >= 15 is 0 Å². The Morgan fingerprint density at radius 3 is 2.47 bits per heavy atom. The Bertz CT molecular complexity index is 1360. The molecule has 1 aromatic carbocycles. The number of ether oxygens (including phenoxy) is 3. The number of imidazole rings is 1. The molecule has 174 valence electrons. The monoisotopic (exact) mass is 460 g/mol. The Hall–Kier alpha value is -3.99. The highest BCUT2D eigenvalue weighted by Gasteiger charge is 2.25. The van der Waals surface area contributed by atoms with Crippen molar-refractivity contribution in [2.75, 3.05) is 43.7 Å². The van der Waals surface area contributed by atoms with Gasteiger partial charge in [0.05, 0.1) is 13.2 Å². The highest BCUT2D eigenvalue weighted by molar-refractivity contribution is 5.91. The highest BCUT2D eigenvalue weighted by Crippen LogP contribution is 2.38. The normalized spacial score (nSPS) is 15.4. The molecule has 1 fully saturated rings. The van der Waals surface area contributed by atoms with Gasteiger partial charge in [0.2, 0.25) is 18.7 Å². The third-order valence-electron chi connectivity index (χ3n) is 5.91. The number of anilines is 2. The maximum absolute atomic E-state index is 5.73. The van der Waals surface area contributed by atoms with Gasteiger partial charge >= 0.3 is 0 Å². The maximum Gasteiger partial charge on any atom is 0.231 e. The molecular formula is C23H24N8O3. The van der Waals surface area contributed by atoms with Crippen LogP contribution in [0.3, 0.4) is 0 Å². The average Bonchev–Trinajstić information content (AvgIpc) is 3.48. The summed E-state index contributed by atoms with van der Waals surface area (Å²) in [6, 6.07) is 5.93. The Balaban J connectivity index is 1.60. The predicted octanol–water partition coefficient (Wildman–Crippen LogP) is 2.68. The molecule has 0 amide bonds. The van der Waals surface area contributed by atoms with Gasteiger partial charge in [-0.05, 0) is 32.0 Å². The van der Waals surface area contributed by atoms with Crippen LogP contribution in [0, 0.1) is 0 Å². The topological polar surface area (TPSA) is 126 Å². The van der Waals surface area contributed by atoms with Gasteiger partial charge in [-0.25, -0.2) is 19.9 Å². The van der Waals surface area contributed by atoms with Crippen LogP contribution in [0.15, 0.2) is 30.6 Å². The first-order valence-electron chi connectivity index (χ1n) is 11.2. The van der Waals surface area contributed by atoms with E-state index in [4.69, 9.17) is 34.9 Å². The Morgan fingerprint density at radius 2 is 1.71 bits per heavy atom. The number of fused-ring (bicyclic) bond motifs is 2. The van der Waals surface area contributed by atoms with Crippen LogP contribution in [0.1, 0.15) is 19.9 Å². The number of morpholine rings is 1. The van der Waals surface area contributed by atoms with Crippen molar-refractivity contribution in [3.63, 3.8) is 0 Å². The van der Waals surface area contributed by atoms with E-state index in [1.807, 2.05) is 18.2 Å². The fourth-order valence-corrected chi connectivity index (χ4v) is 4.26. The molecule has 0 saturated carbocycles. The van der Waals surface area contributed by atoms with Crippen LogP contribution in [0.2, 0.25) is 0 Å². The summed E-state index contributed by atoms with van der Waals surface area (Å²) in [5.74, 6) is 3.03. The molecule has 0 bridgehead atoms. The van der Waals surface area contributed by atoms with Gasteiger partial charge < -0.3 is 29.4 Å². The first-order valence-corrected chi connectivity index (χ1v) is 11.2. The molecule has 2 aliphatic heterocycles. The van der Waals surface area contributed by atoms with Gasteiger partial charge in [-0.1, -0.05) is 0 Å². The minimum Gasteiger partial charge on any atom is -0.454 e. The molecule has 1 saturated heterocycles. The largest absolute Gasteiger partial charge is 0.454 e. The van der Waals surface area contributed by atoms with Gasteiger partial charge in [-0.2, -0.15) is 4.98 Å². The van der Waals surface area contributed by atoms with Crippen molar-refractivity contribution >= 4 is 23.1 Å². The lowest BCUT2D eigenvalue weighted by Crippen LogP contribution is -2.37. The van der Waals surface area contributed by atoms with Crippen molar-refractivity contribution in [1.29, 1.82) is 0 Å². The van der Waals surface area contributed by atoms with E-state index in [-0.39, 0.29) is 18.8 Å². The van der Waals surface area contributed by atoms with Gasteiger partial charge in [0.1, 0.15) is 17.0 Å². The summed E-state index contributed by atoms with van der Waals surface area (Å²) in [5, 5.41) is 0. The van der Waals surface area contributed by atoms with Crippen molar-refractivity contribution in [3.05, 3.63) is 30.6 Å². The molecule has 2 aliphatic rings. The van der Waals surface area contributed by atoms with Gasteiger partial charge in [0, 0.05) is 42.7 Å². The molecule has 11 nitrogen and oxygen atoms in total. The van der Waals surface area contributed by atoms with Gasteiger partial charge in [0.25, 0.3) is 0 Å². The number of hydrogen-bond donors (Lipinski definition) is 1. The SMILES string of the molecule is CC(C)n1c(-c2ccc3c(c2)OCO3)nc2c(-c3cnc(N)nc3)nc(N3CCOCC3)nc21.